The highest BCUT2D eigenvalue weighted by atomic mass is 35.5. The highest BCUT2D eigenvalue weighted by Gasteiger charge is 2.04. The monoisotopic (exact) mass is 303 g/mol. The van der Waals surface area contributed by atoms with Gasteiger partial charge in [0.25, 0.3) is 0 Å². The lowest BCUT2D eigenvalue weighted by atomic mass is 10.0. The van der Waals surface area contributed by atoms with Gasteiger partial charge in [0.05, 0.1) is 0 Å². The summed E-state index contributed by atoms with van der Waals surface area (Å²) in [5, 5.41) is 9.01. The van der Waals surface area contributed by atoms with Crippen LogP contribution in [0.1, 0.15) is 30.0 Å². The number of benzene rings is 1. The largest absolute Gasteiger partial charge is 0.478 e. The topological polar surface area (TPSA) is 50.2 Å². The quantitative estimate of drug-likeness (QED) is 0.850. The molecule has 0 saturated heterocycles. The highest BCUT2D eigenvalue weighted by molar-refractivity contribution is 5.92. The third-order valence-electron chi connectivity index (χ3n) is 3.11. The number of hydrogen-bond donors (Lipinski definition) is 1. The van der Waals surface area contributed by atoms with Gasteiger partial charge in [0, 0.05) is 18.0 Å². The Kier molecular flexibility index (Phi) is 6.63. The van der Waals surface area contributed by atoms with Crippen LogP contribution < -0.4 is 0 Å². The molecule has 1 N–H and O–H groups in total. The van der Waals surface area contributed by atoms with E-state index in [2.05, 4.69) is 4.98 Å². The van der Waals surface area contributed by atoms with E-state index >= 15 is 0 Å². The van der Waals surface area contributed by atoms with Crippen molar-refractivity contribution in [1.82, 2.24) is 4.98 Å². The predicted octanol–water partition coefficient (Wildman–Crippen LogP) is 3.97. The first-order valence-electron chi connectivity index (χ1n) is 6.60. The van der Waals surface area contributed by atoms with Crippen LogP contribution in [0.25, 0.3) is 6.08 Å². The molecule has 1 heterocycles. The van der Waals surface area contributed by atoms with Crippen LogP contribution in [0, 0.1) is 0 Å². The first-order valence-corrected chi connectivity index (χ1v) is 6.60. The molecule has 0 spiro atoms. The maximum atomic E-state index is 11.0. The normalized spacial score (nSPS) is 10.8. The van der Waals surface area contributed by atoms with Crippen molar-refractivity contribution in [2.75, 3.05) is 0 Å². The number of carboxylic acids is 1. The molecule has 21 heavy (non-hydrogen) atoms. The molecule has 110 valence electrons. The number of carboxylic acid groups (broad SMARTS) is 1. The van der Waals surface area contributed by atoms with Crippen LogP contribution in [0.5, 0.6) is 0 Å². The minimum atomic E-state index is -0.855. The average Bonchev–Trinajstić information content (AvgIpc) is 2.47. The number of halogens is 1. The molecule has 0 fully saturated rings. The first-order chi connectivity index (χ1) is 9.69. The molecule has 0 bridgehead atoms. The zero-order valence-electron chi connectivity index (χ0n) is 11.8. The third-order valence-corrected chi connectivity index (χ3v) is 3.11. The van der Waals surface area contributed by atoms with Crippen LogP contribution in [0.3, 0.4) is 0 Å². The Labute approximate surface area is 130 Å². The van der Waals surface area contributed by atoms with Crippen molar-refractivity contribution in [3.63, 3.8) is 0 Å². The molecule has 1 aromatic heterocycles. The molecule has 1 aromatic carbocycles. The van der Waals surface area contributed by atoms with E-state index in [1.165, 1.54) is 5.56 Å². The van der Waals surface area contributed by atoms with Gasteiger partial charge in [0.2, 0.25) is 0 Å². The molecule has 4 heteroatoms. The van der Waals surface area contributed by atoms with Gasteiger partial charge in [0.15, 0.2) is 0 Å². The second-order valence-electron chi connectivity index (χ2n) is 4.61. The fraction of sp³-hybridized carbons (Fsp3) is 0.176. The Morgan fingerprint density at radius 1 is 1.19 bits per heavy atom. The summed E-state index contributed by atoms with van der Waals surface area (Å²) >= 11 is 0. The smallest absolute Gasteiger partial charge is 0.331 e. The summed E-state index contributed by atoms with van der Waals surface area (Å²) in [6, 6.07) is 11.9. The number of aromatic nitrogens is 1. The second-order valence-corrected chi connectivity index (χ2v) is 4.61. The van der Waals surface area contributed by atoms with Gasteiger partial charge in [-0.05, 0) is 41.7 Å². The Morgan fingerprint density at radius 3 is 2.43 bits per heavy atom. The number of aliphatic carboxylic acids is 1. The standard InChI is InChI=1S/C17H17NO2.ClH/c1-2-16(17(19)20)11-14-7-5-13(6-8-14)10-15-4-3-9-18-12-15;/h3-9,11-12H,2,10H2,1H3,(H,19,20);1H. The molecule has 3 nitrogen and oxygen atoms in total. The van der Waals surface area contributed by atoms with E-state index in [1.807, 2.05) is 49.5 Å². The molecule has 0 radical (unpaired) electrons. The molecule has 0 unspecified atom stereocenters. The zero-order valence-corrected chi connectivity index (χ0v) is 12.6. The molecule has 0 amide bonds. The van der Waals surface area contributed by atoms with Gasteiger partial charge in [-0.15, -0.1) is 12.4 Å². The summed E-state index contributed by atoms with van der Waals surface area (Å²) in [5.74, 6) is -0.855. The van der Waals surface area contributed by atoms with E-state index in [9.17, 15) is 4.79 Å². The van der Waals surface area contributed by atoms with Crippen molar-refractivity contribution in [1.29, 1.82) is 0 Å². The van der Waals surface area contributed by atoms with Crippen LogP contribution in [0.2, 0.25) is 0 Å². The predicted molar refractivity (Wildman–Crippen MR) is 86.6 cm³/mol. The highest BCUT2D eigenvalue weighted by Crippen LogP contribution is 2.13. The fourth-order valence-corrected chi connectivity index (χ4v) is 1.99. The van der Waals surface area contributed by atoms with E-state index in [0.717, 1.165) is 17.5 Å². The molecule has 0 atom stereocenters. The van der Waals surface area contributed by atoms with E-state index < -0.39 is 5.97 Å². The van der Waals surface area contributed by atoms with E-state index in [-0.39, 0.29) is 12.4 Å². The van der Waals surface area contributed by atoms with Crippen LogP contribution in [0.15, 0.2) is 54.4 Å². The van der Waals surface area contributed by atoms with Gasteiger partial charge in [0.1, 0.15) is 0 Å². The minimum absolute atomic E-state index is 0. The zero-order chi connectivity index (χ0) is 14.4. The number of carbonyl (C=O) groups is 1. The summed E-state index contributed by atoms with van der Waals surface area (Å²) in [5.41, 5.74) is 3.68. The van der Waals surface area contributed by atoms with Gasteiger partial charge in [-0.25, -0.2) is 4.79 Å². The molecule has 0 aliphatic rings. The summed E-state index contributed by atoms with van der Waals surface area (Å²) in [4.78, 5) is 15.1. The molecular weight excluding hydrogens is 286 g/mol. The van der Waals surface area contributed by atoms with Gasteiger partial charge in [-0.2, -0.15) is 0 Å². The Balaban J connectivity index is 0.00000220. The first kappa shape index (κ1) is 16.9. The summed E-state index contributed by atoms with van der Waals surface area (Å²) < 4.78 is 0. The number of pyridine rings is 1. The Hall–Kier alpha value is -2.13. The van der Waals surface area contributed by atoms with E-state index in [4.69, 9.17) is 5.11 Å². The molecule has 0 aliphatic carbocycles. The summed E-state index contributed by atoms with van der Waals surface area (Å²) in [7, 11) is 0. The van der Waals surface area contributed by atoms with Crippen molar-refractivity contribution in [3.8, 4) is 0 Å². The van der Waals surface area contributed by atoms with Gasteiger partial charge < -0.3 is 5.11 Å². The number of rotatable bonds is 5. The summed E-state index contributed by atoms with van der Waals surface area (Å²) in [6.45, 7) is 1.84. The Morgan fingerprint density at radius 2 is 1.90 bits per heavy atom. The van der Waals surface area contributed by atoms with E-state index in [0.29, 0.717) is 12.0 Å². The molecule has 2 aromatic rings. The van der Waals surface area contributed by atoms with Crippen LogP contribution >= 0.6 is 12.4 Å². The average molecular weight is 304 g/mol. The summed E-state index contributed by atoms with van der Waals surface area (Å²) in [6.07, 6.45) is 6.68. The lowest BCUT2D eigenvalue weighted by Crippen LogP contribution is -1.98. The SMILES string of the molecule is CCC(=Cc1ccc(Cc2cccnc2)cc1)C(=O)O.Cl. The molecular formula is C17H18ClNO2. The molecule has 0 aliphatic heterocycles. The van der Waals surface area contributed by atoms with Crippen molar-refractivity contribution < 1.29 is 9.90 Å². The lowest BCUT2D eigenvalue weighted by molar-refractivity contribution is -0.132. The van der Waals surface area contributed by atoms with Crippen LogP contribution in [-0.4, -0.2) is 16.1 Å². The molecule has 2 rings (SSSR count). The van der Waals surface area contributed by atoms with Crippen molar-refractivity contribution in [3.05, 3.63) is 71.1 Å². The fourth-order valence-electron chi connectivity index (χ4n) is 1.99. The molecule has 0 saturated carbocycles. The van der Waals surface area contributed by atoms with Gasteiger partial charge in [-0.1, -0.05) is 37.3 Å². The second kappa shape index (κ2) is 8.22. The van der Waals surface area contributed by atoms with E-state index in [1.54, 1.807) is 12.3 Å². The number of hydrogen-bond acceptors (Lipinski definition) is 2. The van der Waals surface area contributed by atoms with Crippen LogP contribution in [0.4, 0.5) is 0 Å². The van der Waals surface area contributed by atoms with Crippen molar-refractivity contribution in [2.45, 2.75) is 19.8 Å². The lowest BCUT2D eigenvalue weighted by Gasteiger charge is -2.03. The maximum absolute atomic E-state index is 11.0. The Bertz CT molecular complexity index is 606. The van der Waals surface area contributed by atoms with Crippen LogP contribution in [-0.2, 0) is 11.2 Å². The van der Waals surface area contributed by atoms with Crippen molar-refractivity contribution >= 4 is 24.5 Å². The van der Waals surface area contributed by atoms with Gasteiger partial charge in [-0.3, -0.25) is 4.98 Å². The third kappa shape index (κ3) is 5.04. The van der Waals surface area contributed by atoms with Gasteiger partial charge >= 0.3 is 5.97 Å². The minimum Gasteiger partial charge on any atom is -0.478 e. The maximum Gasteiger partial charge on any atom is 0.331 e. The number of nitrogens with zero attached hydrogens (tertiary/aromatic N) is 1. The van der Waals surface area contributed by atoms with Crippen molar-refractivity contribution in [2.24, 2.45) is 0 Å².